The van der Waals surface area contributed by atoms with E-state index in [0.29, 0.717) is 17.7 Å². The largest absolute Gasteiger partial charge is 0.354 e. The summed E-state index contributed by atoms with van der Waals surface area (Å²) in [5.74, 6) is 1.71. The molecule has 0 amide bonds. The number of aryl methyl sites for hydroxylation is 2. The summed E-state index contributed by atoms with van der Waals surface area (Å²) in [7, 11) is 2.02. The van der Waals surface area contributed by atoms with Crippen molar-refractivity contribution in [3.05, 3.63) is 41.1 Å². The van der Waals surface area contributed by atoms with E-state index in [-0.39, 0.29) is 5.82 Å². The van der Waals surface area contributed by atoms with E-state index < -0.39 is 0 Å². The van der Waals surface area contributed by atoms with Gasteiger partial charge < -0.3 is 4.90 Å². The standard InChI is InChI=1S/C20H28FN5/c1-14-18(15(2)24(3)23-14)13-25-11-16-6-9-26(10-7-17(16)12-25)20-19(21)5-4-8-22-20/h4-5,8,16-17H,6-7,9-13H2,1-3H3/t16-,17+. The Labute approximate surface area is 154 Å². The summed E-state index contributed by atoms with van der Waals surface area (Å²) >= 11 is 0. The van der Waals surface area contributed by atoms with E-state index in [1.807, 2.05) is 11.7 Å². The summed E-state index contributed by atoms with van der Waals surface area (Å²) in [6, 6.07) is 3.17. The van der Waals surface area contributed by atoms with Gasteiger partial charge in [0.2, 0.25) is 0 Å². The zero-order chi connectivity index (χ0) is 18.3. The van der Waals surface area contributed by atoms with Gasteiger partial charge in [-0.1, -0.05) is 0 Å². The zero-order valence-corrected chi connectivity index (χ0v) is 16.0. The molecule has 4 rings (SSSR count). The van der Waals surface area contributed by atoms with Gasteiger partial charge in [0.1, 0.15) is 0 Å². The molecule has 2 atom stereocenters. The van der Waals surface area contributed by atoms with Gasteiger partial charge in [-0.15, -0.1) is 0 Å². The molecule has 2 aliphatic rings. The first-order chi connectivity index (χ1) is 12.5. The second kappa shape index (κ2) is 6.99. The summed E-state index contributed by atoms with van der Waals surface area (Å²) in [4.78, 5) is 8.98. The Kier molecular flexibility index (Phi) is 4.69. The SMILES string of the molecule is Cc1nn(C)c(C)c1CN1C[C@H]2CCN(c3ncccc3F)CC[C@H]2C1. The van der Waals surface area contributed by atoms with Crippen LogP contribution in [0.3, 0.4) is 0 Å². The van der Waals surface area contributed by atoms with Gasteiger partial charge in [0.25, 0.3) is 0 Å². The topological polar surface area (TPSA) is 37.2 Å². The molecule has 6 heteroatoms. The molecule has 0 radical (unpaired) electrons. The van der Waals surface area contributed by atoms with Crippen molar-refractivity contribution in [3.8, 4) is 0 Å². The highest BCUT2D eigenvalue weighted by molar-refractivity contribution is 5.39. The number of likely N-dealkylation sites (tertiary alicyclic amines) is 1. The van der Waals surface area contributed by atoms with Crippen molar-refractivity contribution >= 4 is 5.82 Å². The van der Waals surface area contributed by atoms with E-state index in [4.69, 9.17) is 0 Å². The van der Waals surface area contributed by atoms with E-state index in [2.05, 4.69) is 33.7 Å². The predicted molar refractivity (Wildman–Crippen MR) is 101 cm³/mol. The molecule has 0 aromatic carbocycles. The van der Waals surface area contributed by atoms with Crippen LogP contribution in [0.4, 0.5) is 10.2 Å². The minimum Gasteiger partial charge on any atom is -0.354 e. The van der Waals surface area contributed by atoms with Gasteiger partial charge in [-0.05, 0) is 50.7 Å². The Morgan fingerprint density at radius 2 is 1.85 bits per heavy atom. The Bertz CT molecular complexity index is 771. The van der Waals surface area contributed by atoms with Crippen molar-refractivity contribution in [2.45, 2.75) is 33.2 Å². The number of anilines is 1. The number of hydrogen-bond acceptors (Lipinski definition) is 4. The van der Waals surface area contributed by atoms with E-state index in [1.165, 1.54) is 17.3 Å². The van der Waals surface area contributed by atoms with E-state index in [1.54, 1.807) is 12.3 Å². The number of fused-ring (bicyclic) bond motifs is 1. The van der Waals surface area contributed by atoms with E-state index in [9.17, 15) is 4.39 Å². The molecular formula is C20H28FN5. The fourth-order valence-corrected chi connectivity index (χ4v) is 4.67. The Hall–Kier alpha value is -1.95. The van der Waals surface area contributed by atoms with Gasteiger partial charge >= 0.3 is 0 Å². The molecule has 26 heavy (non-hydrogen) atoms. The molecule has 2 aliphatic heterocycles. The first-order valence-electron chi connectivity index (χ1n) is 9.60. The van der Waals surface area contributed by atoms with Crippen LogP contribution in [0, 0.1) is 31.5 Å². The summed E-state index contributed by atoms with van der Waals surface area (Å²) < 4.78 is 16.0. The second-order valence-corrected chi connectivity index (χ2v) is 7.86. The predicted octanol–water partition coefficient (Wildman–Crippen LogP) is 2.92. The normalized spacial score (nSPS) is 23.9. The summed E-state index contributed by atoms with van der Waals surface area (Å²) in [5, 5.41) is 4.55. The first kappa shape index (κ1) is 17.5. The first-order valence-corrected chi connectivity index (χ1v) is 9.60. The van der Waals surface area contributed by atoms with Crippen molar-refractivity contribution in [2.75, 3.05) is 31.1 Å². The minimum atomic E-state index is -0.205. The van der Waals surface area contributed by atoms with Crippen molar-refractivity contribution in [2.24, 2.45) is 18.9 Å². The highest BCUT2D eigenvalue weighted by Gasteiger charge is 2.35. The molecule has 2 fully saturated rings. The number of hydrogen-bond donors (Lipinski definition) is 0. The van der Waals surface area contributed by atoms with Gasteiger partial charge in [0, 0.05) is 57.2 Å². The molecule has 140 valence electrons. The van der Waals surface area contributed by atoms with Crippen LogP contribution in [-0.4, -0.2) is 45.8 Å². The Balaban J connectivity index is 1.40. The van der Waals surface area contributed by atoms with Gasteiger partial charge in [-0.2, -0.15) is 5.10 Å². The Morgan fingerprint density at radius 3 is 2.42 bits per heavy atom. The van der Waals surface area contributed by atoms with Crippen LogP contribution in [0.1, 0.15) is 29.8 Å². The third-order valence-corrected chi connectivity index (χ3v) is 6.27. The number of halogens is 1. The molecule has 0 aliphatic carbocycles. The molecule has 2 aromatic heterocycles. The van der Waals surface area contributed by atoms with Gasteiger partial charge in [0.15, 0.2) is 11.6 Å². The maximum atomic E-state index is 14.1. The van der Waals surface area contributed by atoms with Gasteiger partial charge in [0.05, 0.1) is 5.69 Å². The lowest BCUT2D eigenvalue weighted by Gasteiger charge is -2.23. The summed E-state index contributed by atoms with van der Waals surface area (Å²) in [5.41, 5.74) is 3.79. The molecule has 2 saturated heterocycles. The molecule has 0 spiro atoms. The number of nitrogens with zero attached hydrogens (tertiary/aromatic N) is 5. The molecule has 0 unspecified atom stereocenters. The fraction of sp³-hybridized carbons (Fsp3) is 0.600. The molecule has 2 aromatic rings. The monoisotopic (exact) mass is 357 g/mol. The zero-order valence-electron chi connectivity index (χ0n) is 16.0. The average Bonchev–Trinajstić information content (AvgIpc) is 3.04. The smallest absolute Gasteiger partial charge is 0.165 e. The maximum absolute atomic E-state index is 14.1. The molecule has 0 N–H and O–H groups in total. The molecular weight excluding hydrogens is 329 g/mol. The third-order valence-electron chi connectivity index (χ3n) is 6.27. The van der Waals surface area contributed by atoms with Crippen LogP contribution in [0.25, 0.3) is 0 Å². The number of rotatable bonds is 3. The van der Waals surface area contributed by atoms with E-state index in [0.717, 1.165) is 51.3 Å². The summed E-state index contributed by atoms with van der Waals surface area (Å²) in [6.45, 7) is 9.32. The van der Waals surface area contributed by atoms with Crippen LogP contribution in [0.2, 0.25) is 0 Å². The lowest BCUT2D eigenvalue weighted by Crippen LogP contribution is -2.28. The lowest BCUT2D eigenvalue weighted by molar-refractivity contribution is 0.307. The van der Waals surface area contributed by atoms with E-state index >= 15 is 0 Å². The third kappa shape index (κ3) is 3.22. The molecule has 0 saturated carbocycles. The van der Waals surface area contributed by atoms with Gasteiger partial charge in [-0.25, -0.2) is 9.37 Å². The van der Waals surface area contributed by atoms with Crippen LogP contribution in [0.5, 0.6) is 0 Å². The van der Waals surface area contributed by atoms with Gasteiger partial charge in [-0.3, -0.25) is 9.58 Å². The molecule has 0 bridgehead atoms. The van der Waals surface area contributed by atoms with Crippen LogP contribution in [-0.2, 0) is 13.6 Å². The van der Waals surface area contributed by atoms with Crippen LogP contribution < -0.4 is 4.90 Å². The molecule has 5 nitrogen and oxygen atoms in total. The van der Waals surface area contributed by atoms with Crippen LogP contribution >= 0.6 is 0 Å². The number of pyridine rings is 1. The molecule has 4 heterocycles. The van der Waals surface area contributed by atoms with Crippen LogP contribution in [0.15, 0.2) is 18.3 Å². The summed E-state index contributed by atoms with van der Waals surface area (Å²) in [6.07, 6.45) is 3.91. The average molecular weight is 357 g/mol. The van der Waals surface area contributed by atoms with Crippen molar-refractivity contribution in [1.82, 2.24) is 19.7 Å². The highest BCUT2D eigenvalue weighted by Crippen LogP contribution is 2.34. The maximum Gasteiger partial charge on any atom is 0.165 e. The van der Waals surface area contributed by atoms with Crippen molar-refractivity contribution in [1.29, 1.82) is 0 Å². The lowest BCUT2D eigenvalue weighted by atomic mass is 9.92. The van der Waals surface area contributed by atoms with Crippen molar-refractivity contribution in [3.63, 3.8) is 0 Å². The highest BCUT2D eigenvalue weighted by atomic mass is 19.1. The second-order valence-electron chi connectivity index (χ2n) is 7.86. The fourth-order valence-electron chi connectivity index (χ4n) is 4.67. The quantitative estimate of drug-likeness (QED) is 0.846. The minimum absolute atomic E-state index is 0.205. The van der Waals surface area contributed by atoms with Crippen molar-refractivity contribution < 1.29 is 4.39 Å². The Morgan fingerprint density at radius 1 is 1.15 bits per heavy atom. The number of aromatic nitrogens is 3.